The highest BCUT2D eigenvalue weighted by Gasteiger charge is 2.34. The van der Waals surface area contributed by atoms with E-state index in [9.17, 15) is 9.59 Å². The van der Waals surface area contributed by atoms with Crippen LogP contribution in [0, 0.1) is 5.92 Å². The van der Waals surface area contributed by atoms with Gasteiger partial charge in [-0.15, -0.1) is 11.3 Å². The molecule has 1 aliphatic heterocycles. The SMILES string of the molecule is O=C(C1CCCCC1)N1CCC[C@H]1Cn1nc(-c2cccs2)ccc1=O. The highest BCUT2D eigenvalue weighted by molar-refractivity contribution is 7.13. The van der Waals surface area contributed by atoms with Gasteiger partial charge in [0.25, 0.3) is 5.56 Å². The average Bonchev–Trinajstić information content (AvgIpc) is 3.36. The van der Waals surface area contributed by atoms with Gasteiger partial charge in [-0.3, -0.25) is 9.59 Å². The fourth-order valence-corrected chi connectivity index (χ4v) is 4.93. The van der Waals surface area contributed by atoms with Crippen molar-refractivity contribution in [3.63, 3.8) is 0 Å². The number of likely N-dealkylation sites (tertiary alicyclic amines) is 1. The van der Waals surface area contributed by atoms with Crippen molar-refractivity contribution < 1.29 is 4.79 Å². The van der Waals surface area contributed by atoms with E-state index in [2.05, 4.69) is 5.10 Å². The van der Waals surface area contributed by atoms with Gasteiger partial charge in [-0.05, 0) is 43.2 Å². The Morgan fingerprint density at radius 2 is 1.96 bits per heavy atom. The molecule has 0 N–H and O–H groups in total. The number of hydrogen-bond acceptors (Lipinski definition) is 4. The van der Waals surface area contributed by atoms with Gasteiger partial charge in [0, 0.05) is 18.5 Å². The largest absolute Gasteiger partial charge is 0.338 e. The van der Waals surface area contributed by atoms with E-state index in [0.717, 1.165) is 42.8 Å². The summed E-state index contributed by atoms with van der Waals surface area (Å²) in [4.78, 5) is 28.4. The minimum absolute atomic E-state index is 0.0909. The first kappa shape index (κ1) is 17.5. The molecule has 0 bridgehead atoms. The van der Waals surface area contributed by atoms with Gasteiger partial charge in [0.15, 0.2) is 0 Å². The predicted octanol–water partition coefficient (Wildman–Crippen LogP) is 3.54. The van der Waals surface area contributed by atoms with E-state index < -0.39 is 0 Å². The van der Waals surface area contributed by atoms with Crippen LogP contribution in [0.1, 0.15) is 44.9 Å². The standard InChI is InChI=1S/C20H25N3O2S/c24-19-11-10-17(18-9-5-13-26-18)21-23(19)14-16-8-4-12-22(16)20(25)15-6-2-1-3-7-15/h5,9-11,13,15-16H,1-4,6-8,12,14H2/t16-/m0/s1. The molecule has 0 aromatic carbocycles. The summed E-state index contributed by atoms with van der Waals surface area (Å²) in [6.45, 7) is 1.32. The van der Waals surface area contributed by atoms with Crippen LogP contribution in [-0.4, -0.2) is 33.2 Å². The summed E-state index contributed by atoms with van der Waals surface area (Å²) in [6.07, 6.45) is 7.60. The van der Waals surface area contributed by atoms with Crippen LogP contribution < -0.4 is 5.56 Å². The molecule has 2 aromatic rings. The number of rotatable bonds is 4. The number of carbonyl (C=O) groups excluding carboxylic acids is 1. The van der Waals surface area contributed by atoms with E-state index in [1.807, 2.05) is 22.4 Å². The molecule has 2 fully saturated rings. The van der Waals surface area contributed by atoms with Crippen molar-refractivity contribution in [1.29, 1.82) is 0 Å². The van der Waals surface area contributed by atoms with Crippen molar-refractivity contribution in [3.05, 3.63) is 40.0 Å². The van der Waals surface area contributed by atoms with E-state index in [4.69, 9.17) is 0 Å². The monoisotopic (exact) mass is 371 g/mol. The summed E-state index contributed by atoms with van der Waals surface area (Å²) in [5, 5.41) is 6.57. The molecular weight excluding hydrogens is 346 g/mol. The topological polar surface area (TPSA) is 55.2 Å². The molecule has 4 rings (SSSR count). The molecule has 26 heavy (non-hydrogen) atoms. The number of nitrogens with zero attached hydrogens (tertiary/aromatic N) is 3. The minimum atomic E-state index is -0.0951. The van der Waals surface area contributed by atoms with Crippen LogP contribution in [0.2, 0.25) is 0 Å². The predicted molar refractivity (Wildman–Crippen MR) is 103 cm³/mol. The van der Waals surface area contributed by atoms with Gasteiger partial charge in [0.1, 0.15) is 5.69 Å². The van der Waals surface area contributed by atoms with Gasteiger partial charge in [0.2, 0.25) is 5.91 Å². The highest BCUT2D eigenvalue weighted by atomic mass is 32.1. The zero-order valence-electron chi connectivity index (χ0n) is 15.0. The van der Waals surface area contributed by atoms with Gasteiger partial charge in [-0.2, -0.15) is 5.10 Å². The Kier molecular flexibility index (Phi) is 5.20. The number of hydrogen-bond donors (Lipinski definition) is 0. The van der Waals surface area contributed by atoms with Crippen LogP contribution in [0.25, 0.3) is 10.6 Å². The fourth-order valence-electron chi connectivity index (χ4n) is 4.23. The summed E-state index contributed by atoms with van der Waals surface area (Å²) >= 11 is 1.62. The Morgan fingerprint density at radius 1 is 1.12 bits per heavy atom. The highest BCUT2D eigenvalue weighted by Crippen LogP contribution is 2.29. The second kappa shape index (κ2) is 7.74. The first-order valence-electron chi connectivity index (χ1n) is 9.65. The first-order valence-corrected chi connectivity index (χ1v) is 10.5. The third-order valence-corrected chi connectivity index (χ3v) is 6.53. The Morgan fingerprint density at radius 3 is 2.73 bits per heavy atom. The summed E-state index contributed by atoms with van der Waals surface area (Å²) in [5.74, 6) is 0.487. The van der Waals surface area contributed by atoms with Crippen LogP contribution in [0.4, 0.5) is 0 Å². The normalized spacial score (nSPS) is 21.2. The molecule has 2 aromatic heterocycles. The Bertz CT molecular complexity index is 809. The van der Waals surface area contributed by atoms with E-state index in [1.165, 1.54) is 19.3 Å². The molecule has 1 saturated carbocycles. The minimum Gasteiger partial charge on any atom is -0.338 e. The van der Waals surface area contributed by atoms with Gasteiger partial charge in [-0.1, -0.05) is 25.3 Å². The quantitative estimate of drug-likeness (QED) is 0.826. The number of amides is 1. The lowest BCUT2D eigenvalue weighted by atomic mass is 9.88. The molecule has 1 saturated heterocycles. The van der Waals surface area contributed by atoms with Crippen LogP contribution in [-0.2, 0) is 11.3 Å². The molecule has 2 aliphatic rings. The molecular formula is C20H25N3O2S. The molecule has 6 heteroatoms. The molecule has 0 unspecified atom stereocenters. The second-order valence-corrected chi connectivity index (χ2v) is 8.33. The van der Waals surface area contributed by atoms with Gasteiger partial charge in [0.05, 0.1) is 17.5 Å². The fraction of sp³-hybridized carbons (Fsp3) is 0.550. The zero-order chi connectivity index (χ0) is 17.9. The molecule has 0 radical (unpaired) electrons. The lowest BCUT2D eigenvalue weighted by molar-refractivity contribution is -0.137. The average molecular weight is 372 g/mol. The Labute approximate surface area is 157 Å². The third kappa shape index (κ3) is 3.61. The van der Waals surface area contributed by atoms with E-state index in [0.29, 0.717) is 12.5 Å². The van der Waals surface area contributed by atoms with Crippen LogP contribution in [0.5, 0.6) is 0 Å². The number of carbonyl (C=O) groups is 1. The molecule has 138 valence electrons. The maximum Gasteiger partial charge on any atom is 0.266 e. The van der Waals surface area contributed by atoms with Crippen LogP contribution in [0.3, 0.4) is 0 Å². The third-order valence-electron chi connectivity index (χ3n) is 5.64. The van der Waals surface area contributed by atoms with Crippen molar-refractivity contribution >= 4 is 17.2 Å². The van der Waals surface area contributed by atoms with Crippen LogP contribution in [0.15, 0.2) is 34.4 Å². The smallest absolute Gasteiger partial charge is 0.266 e. The van der Waals surface area contributed by atoms with Crippen molar-refractivity contribution in [3.8, 4) is 10.6 Å². The summed E-state index contributed by atoms with van der Waals surface area (Å²) in [6, 6.07) is 7.46. The number of thiophene rings is 1. The first-order chi connectivity index (χ1) is 12.7. The van der Waals surface area contributed by atoms with Crippen molar-refractivity contribution in [2.45, 2.75) is 57.5 Å². The van der Waals surface area contributed by atoms with Crippen molar-refractivity contribution in [1.82, 2.24) is 14.7 Å². The lowest BCUT2D eigenvalue weighted by Crippen LogP contribution is -2.43. The summed E-state index contributed by atoms with van der Waals surface area (Å²) in [5.41, 5.74) is 0.727. The van der Waals surface area contributed by atoms with Crippen molar-refractivity contribution in [2.24, 2.45) is 5.92 Å². The Hall–Kier alpha value is -1.95. The molecule has 1 amide bonds. The lowest BCUT2D eigenvalue weighted by Gasteiger charge is -2.30. The summed E-state index contributed by atoms with van der Waals surface area (Å²) < 4.78 is 1.55. The van der Waals surface area contributed by atoms with Gasteiger partial charge < -0.3 is 4.90 Å². The Balaban J connectivity index is 1.51. The molecule has 0 spiro atoms. The second-order valence-electron chi connectivity index (χ2n) is 7.38. The molecule has 5 nitrogen and oxygen atoms in total. The molecule has 3 heterocycles. The summed E-state index contributed by atoms with van der Waals surface area (Å²) in [7, 11) is 0. The zero-order valence-corrected chi connectivity index (χ0v) is 15.8. The van der Waals surface area contributed by atoms with Gasteiger partial charge >= 0.3 is 0 Å². The molecule has 1 atom stereocenters. The molecule has 1 aliphatic carbocycles. The van der Waals surface area contributed by atoms with E-state index in [1.54, 1.807) is 28.2 Å². The van der Waals surface area contributed by atoms with E-state index >= 15 is 0 Å². The number of aromatic nitrogens is 2. The maximum atomic E-state index is 13.0. The maximum absolute atomic E-state index is 13.0. The van der Waals surface area contributed by atoms with Gasteiger partial charge in [-0.25, -0.2) is 4.68 Å². The van der Waals surface area contributed by atoms with Crippen LogP contribution >= 0.6 is 11.3 Å². The van der Waals surface area contributed by atoms with Crippen molar-refractivity contribution in [2.75, 3.05) is 6.54 Å². The van der Waals surface area contributed by atoms with E-state index in [-0.39, 0.29) is 17.5 Å².